The van der Waals surface area contributed by atoms with Crippen molar-refractivity contribution in [3.05, 3.63) is 21.4 Å². The molecule has 6 heteroatoms. The van der Waals surface area contributed by atoms with E-state index in [9.17, 15) is 9.59 Å². The van der Waals surface area contributed by atoms with Crippen molar-refractivity contribution in [1.29, 1.82) is 0 Å². The van der Waals surface area contributed by atoms with E-state index < -0.39 is 0 Å². The van der Waals surface area contributed by atoms with Crippen molar-refractivity contribution in [3.63, 3.8) is 0 Å². The molecule has 0 bridgehead atoms. The van der Waals surface area contributed by atoms with Gasteiger partial charge in [-0.3, -0.25) is 14.5 Å². The molecule has 1 aromatic heterocycles. The highest BCUT2D eigenvalue weighted by Crippen LogP contribution is 2.33. The lowest BCUT2D eigenvalue weighted by molar-refractivity contribution is -0.126. The number of nitrogens with one attached hydrogen (secondary N) is 1. The van der Waals surface area contributed by atoms with Gasteiger partial charge in [-0.05, 0) is 50.5 Å². The Kier molecular flexibility index (Phi) is 5.06. The Morgan fingerprint density at radius 3 is 2.62 bits per heavy atom. The minimum absolute atomic E-state index is 0.108. The van der Waals surface area contributed by atoms with E-state index in [-0.39, 0.29) is 17.9 Å². The van der Waals surface area contributed by atoms with Crippen molar-refractivity contribution >= 4 is 23.2 Å². The molecule has 142 valence electrons. The molecule has 2 atom stereocenters. The van der Waals surface area contributed by atoms with Crippen LogP contribution < -0.4 is 5.32 Å². The quantitative estimate of drug-likeness (QED) is 0.879. The lowest BCUT2D eigenvalue weighted by Crippen LogP contribution is -2.55. The van der Waals surface area contributed by atoms with Gasteiger partial charge >= 0.3 is 0 Å². The molecule has 2 amide bonds. The molecular weight excluding hydrogens is 346 g/mol. The lowest BCUT2D eigenvalue weighted by Gasteiger charge is -2.37. The van der Waals surface area contributed by atoms with Crippen molar-refractivity contribution in [2.45, 2.75) is 58.0 Å². The lowest BCUT2D eigenvalue weighted by atomic mass is 9.88. The van der Waals surface area contributed by atoms with E-state index >= 15 is 0 Å². The number of piperazine rings is 1. The maximum absolute atomic E-state index is 13.0. The van der Waals surface area contributed by atoms with Gasteiger partial charge in [0.2, 0.25) is 5.91 Å². The zero-order chi connectivity index (χ0) is 18.3. The summed E-state index contributed by atoms with van der Waals surface area (Å²) in [6.07, 6.45) is 5.58. The number of carbonyl (C=O) groups is 2. The molecule has 1 saturated carbocycles. The van der Waals surface area contributed by atoms with Crippen LogP contribution in [0.2, 0.25) is 0 Å². The fourth-order valence-corrected chi connectivity index (χ4v) is 5.29. The van der Waals surface area contributed by atoms with Gasteiger partial charge in [0.05, 0.1) is 11.6 Å². The number of fused-ring (bicyclic) bond motifs is 1. The molecule has 4 rings (SSSR count). The van der Waals surface area contributed by atoms with Crippen LogP contribution in [0.1, 0.15) is 53.9 Å². The van der Waals surface area contributed by atoms with E-state index in [0.717, 1.165) is 50.3 Å². The first-order valence-corrected chi connectivity index (χ1v) is 10.8. The largest absolute Gasteiger partial charge is 0.352 e. The average molecular weight is 376 g/mol. The van der Waals surface area contributed by atoms with Crippen LogP contribution >= 0.6 is 11.3 Å². The van der Waals surface area contributed by atoms with Gasteiger partial charge in [-0.25, -0.2) is 0 Å². The summed E-state index contributed by atoms with van der Waals surface area (Å²) in [4.78, 5) is 30.9. The molecule has 1 N–H and O–H groups in total. The highest BCUT2D eigenvalue weighted by Gasteiger charge is 2.32. The Balaban J connectivity index is 1.34. The Morgan fingerprint density at radius 2 is 1.92 bits per heavy atom. The highest BCUT2D eigenvalue weighted by molar-refractivity contribution is 7.10. The van der Waals surface area contributed by atoms with E-state index in [1.807, 2.05) is 11.8 Å². The molecule has 2 fully saturated rings. The standard InChI is InChI=1S/C20H29N3O2S/c1-13-3-6-16-17(12-26-18(16)11-13)20(25)23-9-7-22(8-10-23)14(2)19(24)21-15-4-5-15/h12-15H,3-11H2,1-2H3,(H,21,24). The molecule has 0 spiro atoms. The third-order valence-electron chi connectivity index (χ3n) is 6.08. The number of carbonyl (C=O) groups excluding carboxylic acids is 2. The van der Waals surface area contributed by atoms with Crippen LogP contribution in [0, 0.1) is 5.92 Å². The molecule has 26 heavy (non-hydrogen) atoms. The van der Waals surface area contributed by atoms with Crippen LogP contribution in [0.15, 0.2) is 5.38 Å². The van der Waals surface area contributed by atoms with Crippen LogP contribution in [0.25, 0.3) is 0 Å². The second-order valence-electron chi connectivity index (χ2n) is 8.19. The summed E-state index contributed by atoms with van der Waals surface area (Å²) in [6, 6.07) is 0.295. The van der Waals surface area contributed by atoms with Crippen molar-refractivity contribution in [1.82, 2.24) is 15.1 Å². The summed E-state index contributed by atoms with van der Waals surface area (Å²) in [5.41, 5.74) is 2.24. The molecular formula is C20H29N3O2S. The van der Waals surface area contributed by atoms with Crippen LogP contribution in [-0.2, 0) is 17.6 Å². The summed E-state index contributed by atoms with van der Waals surface area (Å²) < 4.78 is 0. The molecule has 1 aliphatic heterocycles. The van der Waals surface area contributed by atoms with Gasteiger partial charge in [-0.2, -0.15) is 0 Å². The monoisotopic (exact) mass is 375 g/mol. The summed E-state index contributed by atoms with van der Waals surface area (Å²) in [5, 5.41) is 5.16. The van der Waals surface area contributed by atoms with Gasteiger partial charge in [-0.1, -0.05) is 6.92 Å². The predicted molar refractivity (Wildman–Crippen MR) is 104 cm³/mol. The first-order chi connectivity index (χ1) is 12.5. The normalized spacial score (nSPS) is 24.8. The number of thiophene rings is 1. The first kappa shape index (κ1) is 18.0. The van der Waals surface area contributed by atoms with Gasteiger partial charge in [-0.15, -0.1) is 11.3 Å². The predicted octanol–water partition coefficient (Wildman–Crippen LogP) is 2.30. The van der Waals surface area contributed by atoms with E-state index in [4.69, 9.17) is 0 Å². The third kappa shape index (κ3) is 3.67. The summed E-state index contributed by atoms with van der Waals surface area (Å²) in [5.74, 6) is 1.05. The Labute approximate surface area is 159 Å². The Hall–Kier alpha value is -1.40. The summed E-state index contributed by atoms with van der Waals surface area (Å²) in [7, 11) is 0. The summed E-state index contributed by atoms with van der Waals surface area (Å²) in [6.45, 7) is 7.24. The molecule has 0 radical (unpaired) electrons. The number of hydrogen-bond donors (Lipinski definition) is 1. The first-order valence-electron chi connectivity index (χ1n) is 9.96. The smallest absolute Gasteiger partial charge is 0.255 e. The van der Waals surface area contributed by atoms with E-state index in [2.05, 4.69) is 22.5 Å². The van der Waals surface area contributed by atoms with Gasteiger partial charge in [0.25, 0.3) is 5.91 Å². The van der Waals surface area contributed by atoms with Crippen molar-refractivity contribution in [3.8, 4) is 0 Å². The Bertz CT molecular complexity index is 689. The zero-order valence-electron chi connectivity index (χ0n) is 15.8. The molecule has 1 aromatic rings. The topological polar surface area (TPSA) is 52.7 Å². The summed E-state index contributed by atoms with van der Waals surface area (Å²) >= 11 is 1.76. The Morgan fingerprint density at radius 1 is 1.19 bits per heavy atom. The van der Waals surface area contributed by atoms with Crippen LogP contribution in [0.3, 0.4) is 0 Å². The maximum Gasteiger partial charge on any atom is 0.255 e. The van der Waals surface area contributed by atoms with Crippen LogP contribution in [0.5, 0.6) is 0 Å². The molecule has 2 aliphatic carbocycles. The molecule has 3 aliphatic rings. The molecule has 1 saturated heterocycles. The number of nitrogens with zero attached hydrogens (tertiary/aromatic N) is 2. The molecule has 2 unspecified atom stereocenters. The zero-order valence-corrected chi connectivity index (χ0v) is 16.6. The van der Waals surface area contributed by atoms with E-state index in [1.54, 1.807) is 11.3 Å². The number of rotatable bonds is 4. The van der Waals surface area contributed by atoms with E-state index in [1.165, 1.54) is 16.9 Å². The minimum Gasteiger partial charge on any atom is -0.352 e. The fraction of sp³-hybridized carbons (Fsp3) is 0.700. The minimum atomic E-state index is -0.108. The van der Waals surface area contributed by atoms with Gasteiger partial charge in [0.1, 0.15) is 0 Å². The second kappa shape index (κ2) is 7.31. The van der Waals surface area contributed by atoms with Gasteiger partial charge < -0.3 is 10.2 Å². The molecule has 0 aromatic carbocycles. The fourth-order valence-electron chi connectivity index (χ4n) is 4.05. The van der Waals surface area contributed by atoms with Crippen LogP contribution in [0.4, 0.5) is 0 Å². The maximum atomic E-state index is 13.0. The van der Waals surface area contributed by atoms with Crippen LogP contribution in [-0.4, -0.2) is 59.9 Å². The SMILES string of the molecule is CC1CCc2c(C(=O)N3CCN(C(C)C(=O)NC4CC4)CC3)csc2C1. The second-order valence-corrected chi connectivity index (χ2v) is 9.15. The number of hydrogen-bond acceptors (Lipinski definition) is 4. The van der Waals surface area contributed by atoms with Crippen molar-refractivity contribution in [2.24, 2.45) is 5.92 Å². The molecule has 5 nitrogen and oxygen atoms in total. The number of amides is 2. The third-order valence-corrected chi connectivity index (χ3v) is 7.14. The average Bonchev–Trinajstić information content (AvgIpc) is 3.37. The van der Waals surface area contributed by atoms with Crippen molar-refractivity contribution < 1.29 is 9.59 Å². The highest BCUT2D eigenvalue weighted by atomic mass is 32.1. The van der Waals surface area contributed by atoms with Crippen molar-refractivity contribution in [2.75, 3.05) is 26.2 Å². The van der Waals surface area contributed by atoms with E-state index in [0.29, 0.717) is 19.1 Å². The van der Waals surface area contributed by atoms with Gasteiger partial charge in [0, 0.05) is 42.5 Å². The molecule has 2 heterocycles. The van der Waals surface area contributed by atoms with Gasteiger partial charge in [0.15, 0.2) is 0 Å².